The summed E-state index contributed by atoms with van der Waals surface area (Å²) in [6.07, 6.45) is 0.290. The van der Waals surface area contributed by atoms with Gasteiger partial charge in [0.05, 0.1) is 22.5 Å². The number of hydrogen-bond acceptors (Lipinski definition) is 9. The molecule has 2 heterocycles. The summed E-state index contributed by atoms with van der Waals surface area (Å²) in [7, 11) is 1.89. The number of fused-ring (bicyclic) bond motifs is 1. The fourth-order valence-corrected chi connectivity index (χ4v) is 4.86. The van der Waals surface area contributed by atoms with Crippen LogP contribution in [0.4, 0.5) is 10.8 Å². The van der Waals surface area contributed by atoms with Crippen LogP contribution in [0, 0.1) is 5.92 Å². The van der Waals surface area contributed by atoms with E-state index in [1.165, 1.54) is 11.3 Å². The van der Waals surface area contributed by atoms with Crippen molar-refractivity contribution in [1.82, 2.24) is 20.2 Å². The average Bonchev–Trinajstić information content (AvgIpc) is 3.64. The Morgan fingerprint density at radius 1 is 1.15 bits per heavy atom. The molecule has 218 valence electrons. The first kappa shape index (κ1) is 30.0. The highest BCUT2D eigenvalue weighted by molar-refractivity contribution is 7.09. The van der Waals surface area contributed by atoms with Crippen molar-refractivity contribution < 1.29 is 23.8 Å². The third-order valence-electron chi connectivity index (χ3n) is 6.60. The van der Waals surface area contributed by atoms with E-state index in [0.717, 1.165) is 17.0 Å². The number of ether oxygens (including phenoxy) is 1. The Labute approximate surface area is 244 Å². The number of carbonyl (C=O) groups excluding carboxylic acids is 2. The van der Waals surface area contributed by atoms with Crippen molar-refractivity contribution in [3.8, 4) is 0 Å². The molecule has 10 nitrogen and oxygen atoms in total. The van der Waals surface area contributed by atoms with Crippen LogP contribution in [-0.4, -0.2) is 70.8 Å². The lowest BCUT2D eigenvalue weighted by molar-refractivity contribution is 0.0494. The highest BCUT2D eigenvalue weighted by atomic mass is 32.1. The molecule has 41 heavy (non-hydrogen) atoms. The number of hydrogen-bond donors (Lipinski definition) is 2. The molecule has 0 aliphatic heterocycles. The molecule has 2 atom stereocenters. The molecule has 2 N–H and O–H groups in total. The quantitative estimate of drug-likeness (QED) is 0.233. The summed E-state index contributed by atoms with van der Waals surface area (Å²) in [6, 6.07) is 14.5. The van der Waals surface area contributed by atoms with E-state index in [-0.39, 0.29) is 25.0 Å². The van der Waals surface area contributed by atoms with E-state index < -0.39 is 18.2 Å². The summed E-state index contributed by atoms with van der Waals surface area (Å²) in [5, 5.41) is 14.2. The van der Waals surface area contributed by atoms with Gasteiger partial charge in [-0.25, -0.2) is 4.79 Å². The highest BCUT2D eigenvalue weighted by Gasteiger charge is 2.28. The standard InChI is InChI=1S/C30H37N5O5S/c1-5-34(4)29-32-24-12-11-22(14-27(24)40-29)28(37)35(16-20(2)3)17-26(36)25(13-21-9-7-6-8-10-21)33-30(38)39-18-23-15-31-19-41-23/h6-12,14-15,19-20,25-26,36H,5,13,16-18H2,1-4H3,(H,33,38)/t25-,26?/m0/s1. The molecule has 4 aromatic rings. The number of thiazole rings is 1. The van der Waals surface area contributed by atoms with Crippen LogP contribution in [0.15, 0.2) is 64.7 Å². The largest absolute Gasteiger partial charge is 0.444 e. The van der Waals surface area contributed by atoms with Gasteiger partial charge in [0, 0.05) is 38.4 Å². The van der Waals surface area contributed by atoms with E-state index in [4.69, 9.17) is 9.15 Å². The number of benzene rings is 2. The zero-order valence-electron chi connectivity index (χ0n) is 23.8. The van der Waals surface area contributed by atoms with Crippen molar-refractivity contribution in [2.24, 2.45) is 5.92 Å². The second kappa shape index (κ2) is 14.1. The van der Waals surface area contributed by atoms with Gasteiger partial charge in [-0.05, 0) is 43.0 Å². The molecule has 0 aliphatic carbocycles. The summed E-state index contributed by atoms with van der Waals surface area (Å²) in [5.74, 6) is -0.0949. The molecule has 4 rings (SSSR count). The third kappa shape index (κ3) is 8.27. The number of oxazole rings is 1. The Morgan fingerprint density at radius 3 is 2.61 bits per heavy atom. The smallest absolute Gasteiger partial charge is 0.407 e. The Morgan fingerprint density at radius 2 is 1.93 bits per heavy atom. The number of rotatable bonds is 13. The van der Waals surface area contributed by atoms with Crippen molar-refractivity contribution in [3.63, 3.8) is 0 Å². The van der Waals surface area contributed by atoms with Gasteiger partial charge in [0.15, 0.2) is 5.58 Å². The van der Waals surface area contributed by atoms with Crippen LogP contribution in [0.3, 0.4) is 0 Å². The molecule has 2 aromatic carbocycles. The number of alkyl carbamates (subject to hydrolysis) is 1. The van der Waals surface area contributed by atoms with E-state index >= 15 is 0 Å². The predicted molar refractivity (Wildman–Crippen MR) is 159 cm³/mol. The first-order chi connectivity index (χ1) is 19.7. The van der Waals surface area contributed by atoms with Gasteiger partial charge < -0.3 is 29.4 Å². The van der Waals surface area contributed by atoms with E-state index in [1.807, 2.05) is 63.1 Å². The minimum absolute atomic E-state index is 0.0158. The van der Waals surface area contributed by atoms with E-state index in [2.05, 4.69) is 15.3 Å². The number of nitrogens with one attached hydrogen (secondary N) is 1. The van der Waals surface area contributed by atoms with Crippen LogP contribution in [0.25, 0.3) is 11.1 Å². The molecule has 0 fully saturated rings. The van der Waals surface area contributed by atoms with Gasteiger partial charge in [0.1, 0.15) is 12.1 Å². The molecule has 1 unspecified atom stereocenters. The number of aliphatic hydroxyl groups excluding tert-OH is 1. The SMILES string of the molecule is CCN(C)c1nc2ccc(C(=O)N(CC(C)C)CC(O)[C@H](Cc3ccccc3)NC(=O)OCc3cncs3)cc2o1. The van der Waals surface area contributed by atoms with Gasteiger partial charge in [0.25, 0.3) is 11.9 Å². The fourth-order valence-electron chi connectivity index (χ4n) is 4.36. The van der Waals surface area contributed by atoms with Crippen LogP contribution >= 0.6 is 11.3 Å². The zero-order chi connectivity index (χ0) is 29.4. The number of nitrogens with zero attached hydrogens (tertiary/aromatic N) is 4. The summed E-state index contributed by atoms with van der Waals surface area (Å²) >= 11 is 1.39. The van der Waals surface area contributed by atoms with Crippen LogP contribution in [0.5, 0.6) is 0 Å². The van der Waals surface area contributed by atoms with Gasteiger partial charge >= 0.3 is 6.09 Å². The highest BCUT2D eigenvalue weighted by Crippen LogP contribution is 2.23. The molecule has 0 aliphatic rings. The van der Waals surface area contributed by atoms with Crippen molar-refractivity contribution in [1.29, 1.82) is 0 Å². The minimum atomic E-state index is -1.06. The molecule has 11 heteroatoms. The third-order valence-corrected chi connectivity index (χ3v) is 7.35. The maximum Gasteiger partial charge on any atom is 0.407 e. The van der Waals surface area contributed by atoms with Crippen molar-refractivity contribution in [2.75, 3.05) is 31.6 Å². The maximum atomic E-state index is 13.7. The Balaban J connectivity index is 1.51. The van der Waals surface area contributed by atoms with Gasteiger partial charge in [-0.3, -0.25) is 9.78 Å². The van der Waals surface area contributed by atoms with E-state index in [0.29, 0.717) is 35.6 Å². The average molecular weight is 580 g/mol. The molecular weight excluding hydrogens is 542 g/mol. The molecule has 0 spiro atoms. The Bertz CT molecular complexity index is 1410. The molecule has 0 radical (unpaired) electrons. The number of carbonyl (C=O) groups is 2. The summed E-state index contributed by atoms with van der Waals surface area (Å²) in [5.41, 5.74) is 4.22. The maximum absolute atomic E-state index is 13.7. The molecular formula is C30H37N5O5S. The van der Waals surface area contributed by atoms with E-state index in [9.17, 15) is 14.7 Å². The molecule has 0 saturated carbocycles. The van der Waals surface area contributed by atoms with Crippen LogP contribution < -0.4 is 10.2 Å². The molecule has 2 aromatic heterocycles. The summed E-state index contributed by atoms with van der Waals surface area (Å²) < 4.78 is 11.2. The Hall–Kier alpha value is -3.96. The topological polar surface area (TPSA) is 121 Å². The number of aromatic nitrogens is 2. The lowest BCUT2D eigenvalue weighted by Gasteiger charge is -2.31. The first-order valence-corrected chi connectivity index (χ1v) is 14.5. The number of aliphatic hydroxyl groups is 1. The molecule has 0 bridgehead atoms. The monoisotopic (exact) mass is 579 g/mol. The van der Waals surface area contributed by atoms with Crippen molar-refractivity contribution in [3.05, 3.63) is 76.2 Å². The lowest BCUT2D eigenvalue weighted by Crippen LogP contribution is -2.51. The van der Waals surface area contributed by atoms with Crippen molar-refractivity contribution >= 4 is 40.5 Å². The lowest BCUT2D eigenvalue weighted by atomic mass is 10.00. The van der Waals surface area contributed by atoms with Crippen LogP contribution in [0.1, 0.15) is 41.6 Å². The second-order valence-electron chi connectivity index (χ2n) is 10.3. The normalized spacial score (nSPS) is 12.7. The number of amides is 2. The summed E-state index contributed by atoms with van der Waals surface area (Å²) in [4.78, 5) is 39.2. The van der Waals surface area contributed by atoms with Gasteiger partial charge in [0.2, 0.25) is 0 Å². The predicted octanol–water partition coefficient (Wildman–Crippen LogP) is 4.74. The van der Waals surface area contributed by atoms with Gasteiger partial charge in [-0.15, -0.1) is 11.3 Å². The summed E-state index contributed by atoms with van der Waals surface area (Å²) in [6.45, 7) is 7.27. The fraction of sp³-hybridized carbons (Fsp3) is 0.400. The van der Waals surface area contributed by atoms with Crippen LogP contribution in [0.2, 0.25) is 0 Å². The Kier molecular flexibility index (Phi) is 10.3. The van der Waals surface area contributed by atoms with Crippen LogP contribution in [-0.2, 0) is 17.8 Å². The first-order valence-electron chi connectivity index (χ1n) is 13.7. The van der Waals surface area contributed by atoms with E-state index in [1.54, 1.807) is 34.8 Å². The minimum Gasteiger partial charge on any atom is -0.444 e. The van der Waals surface area contributed by atoms with Crippen molar-refractivity contribution in [2.45, 2.75) is 45.9 Å². The zero-order valence-corrected chi connectivity index (χ0v) is 24.6. The molecule has 2 amide bonds. The van der Waals surface area contributed by atoms with Gasteiger partial charge in [-0.2, -0.15) is 4.98 Å². The van der Waals surface area contributed by atoms with Gasteiger partial charge in [-0.1, -0.05) is 44.2 Å². The second-order valence-corrected chi connectivity index (χ2v) is 11.3. The molecule has 0 saturated heterocycles. The number of anilines is 1.